The van der Waals surface area contributed by atoms with Gasteiger partial charge in [0.05, 0.1) is 6.26 Å². The molecular formula is C20H33N3O2. The second-order valence-corrected chi connectivity index (χ2v) is 6.25. The quantitative estimate of drug-likeness (QED) is 0.381. The molecule has 0 aromatic heterocycles. The first-order chi connectivity index (χ1) is 11.9. The number of hydrogen-bond donors (Lipinski definition) is 2. The summed E-state index contributed by atoms with van der Waals surface area (Å²) in [5.74, 6) is -0.153. The molecule has 0 radical (unpaired) electrons. The Bertz CT molecular complexity index is 584. The number of benzene rings is 1. The van der Waals surface area contributed by atoms with E-state index in [1.165, 1.54) is 12.7 Å². The van der Waals surface area contributed by atoms with E-state index in [4.69, 9.17) is 4.74 Å². The van der Waals surface area contributed by atoms with Crippen LogP contribution in [0, 0.1) is 6.92 Å². The van der Waals surface area contributed by atoms with Crippen molar-refractivity contribution in [2.45, 2.75) is 53.7 Å². The fraction of sp³-hybridized carbons (Fsp3) is 0.550. The van der Waals surface area contributed by atoms with Crippen molar-refractivity contribution in [3.63, 3.8) is 0 Å². The van der Waals surface area contributed by atoms with E-state index >= 15 is 0 Å². The lowest BCUT2D eigenvalue weighted by molar-refractivity contribution is -0.113. The molecule has 1 unspecified atom stereocenters. The molecule has 5 heteroatoms. The highest BCUT2D eigenvalue weighted by Crippen LogP contribution is 2.24. The fourth-order valence-electron chi connectivity index (χ4n) is 2.31. The van der Waals surface area contributed by atoms with E-state index in [0.29, 0.717) is 5.57 Å². The van der Waals surface area contributed by atoms with Gasteiger partial charge in [-0.2, -0.15) is 0 Å². The normalized spacial score (nSPS) is 12.6. The monoisotopic (exact) mass is 347 g/mol. The molecule has 1 aromatic carbocycles. The Balaban J connectivity index is 2.87. The van der Waals surface area contributed by atoms with Crippen LogP contribution in [-0.2, 0) is 9.53 Å². The average molecular weight is 348 g/mol. The van der Waals surface area contributed by atoms with Crippen LogP contribution in [0.2, 0.25) is 0 Å². The predicted octanol–water partition coefficient (Wildman–Crippen LogP) is 4.05. The molecule has 0 aliphatic rings. The lowest BCUT2D eigenvalue weighted by atomic mass is 10.1. The van der Waals surface area contributed by atoms with Gasteiger partial charge in [0.2, 0.25) is 0 Å². The molecule has 1 atom stereocenters. The van der Waals surface area contributed by atoms with Crippen molar-refractivity contribution in [1.29, 1.82) is 0 Å². The number of carbonyl (C=O) groups excluding carboxylic acids is 1. The van der Waals surface area contributed by atoms with Crippen LogP contribution in [0.5, 0.6) is 0 Å². The second kappa shape index (κ2) is 10.8. The summed E-state index contributed by atoms with van der Waals surface area (Å²) in [4.78, 5) is 14.7. The number of amides is 1. The number of ether oxygens (including phenoxy) is 1. The van der Waals surface area contributed by atoms with Crippen LogP contribution < -0.4 is 15.5 Å². The van der Waals surface area contributed by atoms with Crippen LogP contribution in [0.15, 0.2) is 30.0 Å². The average Bonchev–Trinajstić information content (AvgIpc) is 2.62. The summed E-state index contributed by atoms with van der Waals surface area (Å²) in [7, 11) is 1.81. The summed E-state index contributed by atoms with van der Waals surface area (Å²) in [6.07, 6.45) is 3.69. The van der Waals surface area contributed by atoms with Crippen molar-refractivity contribution in [1.82, 2.24) is 5.32 Å². The summed E-state index contributed by atoms with van der Waals surface area (Å²) in [6.45, 7) is 12.0. The predicted molar refractivity (Wildman–Crippen MR) is 106 cm³/mol. The number of rotatable bonds is 10. The Hall–Kier alpha value is -2.01. The molecule has 2 N–H and O–H groups in total. The number of carbonyl (C=O) groups is 1. The van der Waals surface area contributed by atoms with Crippen molar-refractivity contribution >= 4 is 17.3 Å². The van der Waals surface area contributed by atoms with E-state index in [9.17, 15) is 4.79 Å². The molecule has 0 bridgehead atoms. The third-order valence-corrected chi connectivity index (χ3v) is 4.21. The molecule has 25 heavy (non-hydrogen) atoms. The van der Waals surface area contributed by atoms with E-state index in [2.05, 4.69) is 47.6 Å². The zero-order valence-electron chi connectivity index (χ0n) is 16.5. The molecule has 5 nitrogen and oxygen atoms in total. The zero-order chi connectivity index (χ0) is 18.8. The highest BCUT2D eigenvalue weighted by molar-refractivity contribution is 6.03. The van der Waals surface area contributed by atoms with Crippen LogP contribution in [-0.4, -0.2) is 32.3 Å². The zero-order valence-corrected chi connectivity index (χ0v) is 16.5. The molecule has 0 aliphatic carbocycles. The number of nitrogens with zero attached hydrogens (tertiary/aromatic N) is 1. The van der Waals surface area contributed by atoms with Gasteiger partial charge >= 0.3 is 0 Å². The molecule has 0 heterocycles. The molecular weight excluding hydrogens is 314 g/mol. The minimum Gasteiger partial charge on any atom is -0.483 e. The number of nitrogens with one attached hydrogen (secondary N) is 2. The number of hydrogen-bond acceptors (Lipinski definition) is 4. The van der Waals surface area contributed by atoms with E-state index in [0.717, 1.165) is 36.4 Å². The highest BCUT2D eigenvalue weighted by atomic mass is 16.5. The van der Waals surface area contributed by atoms with Gasteiger partial charge in [0.15, 0.2) is 0 Å². The molecule has 1 aromatic rings. The van der Waals surface area contributed by atoms with Crippen LogP contribution in [0.3, 0.4) is 0 Å². The molecule has 1 rings (SSSR count). The Morgan fingerprint density at radius 1 is 1.36 bits per heavy atom. The van der Waals surface area contributed by atoms with Crippen molar-refractivity contribution < 1.29 is 9.53 Å². The summed E-state index contributed by atoms with van der Waals surface area (Å²) in [5, 5.41) is 5.95. The van der Waals surface area contributed by atoms with E-state index < -0.39 is 0 Å². The Morgan fingerprint density at radius 3 is 2.68 bits per heavy atom. The topological polar surface area (TPSA) is 53.6 Å². The van der Waals surface area contributed by atoms with Gasteiger partial charge in [-0.05, 0) is 58.9 Å². The van der Waals surface area contributed by atoms with Crippen LogP contribution in [0.1, 0.15) is 46.1 Å². The molecule has 0 aliphatic heterocycles. The Labute approximate surface area is 152 Å². The summed E-state index contributed by atoms with van der Waals surface area (Å²) < 4.78 is 5.42. The first kappa shape index (κ1) is 21.0. The highest BCUT2D eigenvalue weighted by Gasteiger charge is 2.11. The van der Waals surface area contributed by atoms with Gasteiger partial charge in [-0.1, -0.05) is 19.4 Å². The Morgan fingerprint density at radius 2 is 2.08 bits per heavy atom. The number of aryl methyl sites for hydroxylation is 1. The van der Waals surface area contributed by atoms with Crippen molar-refractivity contribution in [2.75, 3.05) is 30.4 Å². The maximum absolute atomic E-state index is 12.4. The third-order valence-electron chi connectivity index (χ3n) is 4.21. The smallest absolute Gasteiger partial charge is 0.254 e. The van der Waals surface area contributed by atoms with Gasteiger partial charge < -0.3 is 15.0 Å². The largest absolute Gasteiger partial charge is 0.483 e. The molecule has 0 saturated heterocycles. The van der Waals surface area contributed by atoms with Crippen molar-refractivity contribution in [3.05, 3.63) is 35.6 Å². The molecule has 1 amide bonds. The first-order valence-corrected chi connectivity index (χ1v) is 9.09. The lowest BCUT2D eigenvalue weighted by Gasteiger charge is -2.24. The minimum atomic E-state index is -0.153. The van der Waals surface area contributed by atoms with E-state index in [-0.39, 0.29) is 12.1 Å². The van der Waals surface area contributed by atoms with Crippen LogP contribution in [0.4, 0.5) is 11.4 Å². The molecule has 0 saturated carbocycles. The van der Waals surface area contributed by atoms with Gasteiger partial charge in [-0.15, -0.1) is 0 Å². The molecule has 0 fully saturated rings. The minimum absolute atomic E-state index is 0.135. The van der Waals surface area contributed by atoms with Crippen molar-refractivity contribution in [3.8, 4) is 0 Å². The third kappa shape index (κ3) is 6.78. The Kier molecular flexibility index (Phi) is 9.06. The van der Waals surface area contributed by atoms with E-state index in [1.807, 2.05) is 13.8 Å². The van der Waals surface area contributed by atoms with Crippen molar-refractivity contribution in [2.24, 2.45) is 0 Å². The van der Waals surface area contributed by atoms with Crippen LogP contribution >= 0.6 is 0 Å². The SMILES string of the molecule is CCCCN(CC)c1ccc(C)c(NC(=O)/C(C)=C/OC(C)NC)c1. The maximum atomic E-state index is 12.4. The fourth-order valence-corrected chi connectivity index (χ4v) is 2.31. The summed E-state index contributed by atoms with van der Waals surface area (Å²) >= 11 is 0. The second-order valence-electron chi connectivity index (χ2n) is 6.25. The molecule has 140 valence electrons. The van der Waals surface area contributed by atoms with Gasteiger partial charge in [0.1, 0.15) is 6.23 Å². The lowest BCUT2D eigenvalue weighted by Crippen LogP contribution is -2.24. The maximum Gasteiger partial charge on any atom is 0.254 e. The summed E-state index contributed by atoms with van der Waals surface area (Å²) in [6, 6.07) is 6.22. The van der Waals surface area contributed by atoms with Gasteiger partial charge in [0.25, 0.3) is 5.91 Å². The number of anilines is 2. The summed E-state index contributed by atoms with van der Waals surface area (Å²) in [5.41, 5.74) is 3.55. The van der Waals surface area contributed by atoms with Crippen LogP contribution in [0.25, 0.3) is 0 Å². The standard InChI is InChI=1S/C20H33N3O2/c1-7-9-12-23(8-2)18-11-10-15(3)19(13-18)22-20(24)16(4)14-25-17(5)21-6/h10-11,13-14,17,21H,7-9,12H2,1-6H3,(H,22,24)/b16-14+. The van der Waals surface area contributed by atoms with Gasteiger partial charge in [-0.3, -0.25) is 10.1 Å². The first-order valence-electron chi connectivity index (χ1n) is 9.09. The van der Waals surface area contributed by atoms with Gasteiger partial charge in [0, 0.05) is 30.0 Å². The van der Waals surface area contributed by atoms with E-state index in [1.54, 1.807) is 14.0 Å². The van der Waals surface area contributed by atoms with Gasteiger partial charge in [-0.25, -0.2) is 0 Å². The molecule has 0 spiro atoms. The number of unbranched alkanes of at least 4 members (excludes halogenated alkanes) is 1.